The van der Waals surface area contributed by atoms with Crippen LogP contribution >= 0.6 is 0 Å². The quantitative estimate of drug-likeness (QED) is 0.678. The first-order chi connectivity index (χ1) is 12.5. The summed E-state index contributed by atoms with van der Waals surface area (Å²) in [7, 11) is 8.17. The van der Waals surface area contributed by atoms with E-state index in [1.54, 1.807) is 6.07 Å². The highest BCUT2D eigenvalue weighted by atomic mass is 16.3. The number of phenols is 1. The van der Waals surface area contributed by atoms with E-state index < -0.39 is 0 Å². The predicted molar refractivity (Wildman–Crippen MR) is 111 cm³/mol. The molecule has 0 saturated carbocycles. The Morgan fingerprint density at radius 1 is 0.615 bits per heavy atom. The molecule has 1 N–H and O–H groups in total. The molecule has 3 heteroatoms. The second-order valence-electron chi connectivity index (χ2n) is 7.00. The number of rotatable bonds is 5. The van der Waals surface area contributed by atoms with Crippen LogP contribution in [0.3, 0.4) is 0 Å². The lowest BCUT2D eigenvalue weighted by Gasteiger charge is -2.21. The lowest BCUT2D eigenvalue weighted by molar-refractivity contribution is 0.474. The van der Waals surface area contributed by atoms with Gasteiger partial charge in [-0.25, -0.2) is 0 Å². The summed E-state index contributed by atoms with van der Waals surface area (Å²) in [6, 6.07) is 24.8. The number of hydrogen-bond donors (Lipinski definition) is 1. The molecular weight excluding hydrogens is 320 g/mol. The molecule has 3 nitrogen and oxygen atoms in total. The van der Waals surface area contributed by atoms with Gasteiger partial charge in [-0.3, -0.25) is 0 Å². The molecule has 0 fully saturated rings. The molecule has 26 heavy (non-hydrogen) atoms. The molecule has 3 aromatic carbocycles. The van der Waals surface area contributed by atoms with Crippen molar-refractivity contribution in [1.29, 1.82) is 0 Å². The van der Waals surface area contributed by atoms with Crippen molar-refractivity contribution in [2.75, 3.05) is 38.0 Å². The summed E-state index contributed by atoms with van der Waals surface area (Å²) in [6.07, 6.45) is 0. The van der Waals surface area contributed by atoms with Gasteiger partial charge in [0.2, 0.25) is 0 Å². The zero-order valence-corrected chi connectivity index (χ0v) is 15.8. The first-order valence-corrected chi connectivity index (χ1v) is 8.79. The Hall–Kier alpha value is -2.94. The van der Waals surface area contributed by atoms with Gasteiger partial charge in [0, 0.05) is 45.5 Å². The van der Waals surface area contributed by atoms with Crippen LogP contribution in [0.2, 0.25) is 0 Å². The van der Waals surface area contributed by atoms with E-state index in [2.05, 4.69) is 64.4 Å². The summed E-state index contributed by atoms with van der Waals surface area (Å²) in [6.45, 7) is 0. The van der Waals surface area contributed by atoms with E-state index >= 15 is 0 Å². The summed E-state index contributed by atoms with van der Waals surface area (Å²) in [4.78, 5) is 4.19. The minimum atomic E-state index is 0.0783. The maximum atomic E-state index is 9.98. The average Bonchev–Trinajstić information content (AvgIpc) is 2.63. The van der Waals surface area contributed by atoms with Gasteiger partial charge < -0.3 is 14.9 Å². The molecule has 0 atom stereocenters. The third-order valence-corrected chi connectivity index (χ3v) is 4.69. The monoisotopic (exact) mass is 346 g/mol. The molecule has 0 bridgehead atoms. The molecule has 0 amide bonds. The lowest BCUT2D eigenvalue weighted by Crippen LogP contribution is -2.10. The largest absolute Gasteiger partial charge is 0.508 e. The van der Waals surface area contributed by atoms with E-state index in [0.717, 1.165) is 5.56 Å². The molecule has 0 spiro atoms. The fourth-order valence-electron chi connectivity index (χ4n) is 3.21. The summed E-state index contributed by atoms with van der Waals surface area (Å²) < 4.78 is 0. The van der Waals surface area contributed by atoms with Gasteiger partial charge in [0.1, 0.15) is 5.75 Å². The topological polar surface area (TPSA) is 26.7 Å². The van der Waals surface area contributed by atoms with Crippen molar-refractivity contribution in [3.8, 4) is 5.75 Å². The van der Waals surface area contributed by atoms with Gasteiger partial charge in [-0.1, -0.05) is 36.4 Å². The van der Waals surface area contributed by atoms with Crippen LogP contribution in [0.4, 0.5) is 11.4 Å². The normalized spacial score (nSPS) is 10.8. The van der Waals surface area contributed by atoms with Crippen LogP contribution in [-0.4, -0.2) is 33.3 Å². The molecule has 0 unspecified atom stereocenters. The predicted octanol–water partition coefficient (Wildman–Crippen LogP) is 4.70. The van der Waals surface area contributed by atoms with Gasteiger partial charge in [-0.2, -0.15) is 0 Å². The van der Waals surface area contributed by atoms with E-state index in [0.29, 0.717) is 5.75 Å². The summed E-state index contributed by atoms with van der Waals surface area (Å²) in [5.41, 5.74) is 5.84. The van der Waals surface area contributed by atoms with Crippen molar-refractivity contribution in [2.24, 2.45) is 0 Å². The molecule has 0 saturated heterocycles. The van der Waals surface area contributed by atoms with E-state index in [1.165, 1.54) is 22.5 Å². The third kappa shape index (κ3) is 3.83. The van der Waals surface area contributed by atoms with Crippen molar-refractivity contribution in [1.82, 2.24) is 0 Å². The highest BCUT2D eigenvalue weighted by molar-refractivity contribution is 5.53. The Bertz CT molecular complexity index is 801. The highest BCUT2D eigenvalue weighted by Gasteiger charge is 2.17. The van der Waals surface area contributed by atoms with Crippen molar-refractivity contribution in [2.45, 2.75) is 5.92 Å². The van der Waals surface area contributed by atoms with E-state index in [1.807, 2.05) is 40.3 Å². The smallest absolute Gasteiger partial charge is 0.115 e. The fourth-order valence-corrected chi connectivity index (χ4v) is 3.21. The van der Waals surface area contributed by atoms with Crippen molar-refractivity contribution in [3.05, 3.63) is 89.5 Å². The Balaban J connectivity index is 2.07. The summed E-state index contributed by atoms with van der Waals surface area (Å²) >= 11 is 0. The molecule has 3 rings (SSSR count). The molecule has 0 aromatic heterocycles. The molecule has 0 aliphatic rings. The number of anilines is 2. The molecule has 0 heterocycles. The molecule has 0 aliphatic heterocycles. The maximum absolute atomic E-state index is 9.98. The summed E-state index contributed by atoms with van der Waals surface area (Å²) in [5, 5.41) is 9.98. The van der Waals surface area contributed by atoms with Crippen LogP contribution in [0.5, 0.6) is 5.75 Å². The lowest BCUT2D eigenvalue weighted by atomic mass is 9.85. The van der Waals surface area contributed by atoms with Gasteiger partial charge in [0.05, 0.1) is 0 Å². The SMILES string of the molecule is CN(C)c1ccc(C(c2ccc(N(C)C)cc2)c2cccc(O)c2)cc1. The van der Waals surface area contributed by atoms with Crippen LogP contribution < -0.4 is 9.80 Å². The van der Waals surface area contributed by atoms with E-state index in [4.69, 9.17) is 0 Å². The van der Waals surface area contributed by atoms with Crippen LogP contribution in [0.15, 0.2) is 72.8 Å². The average molecular weight is 346 g/mol. The molecular formula is C23H26N2O. The zero-order chi connectivity index (χ0) is 18.7. The second-order valence-corrected chi connectivity index (χ2v) is 7.00. The third-order valence-electron chi connectivity index (χ3n) is 4.69. The van der Waals surface area contributed by atoms with Crippen LogP contribution in [-0.2, 0) is 0 Å². The summed E-state index contributed by atoms with van der Waals surface area (Å²) in [5.74, 6) is 0.372. The number of benzene rings is 3. The standard InChI is InChI=1S/C23H26N2O/c1-24(2)20-12-8-17(9-13-20)23(19-6-5-7-22(26)16-19)18-10-14-21(15-11-18)25(3)4/h5-16,23,26H,1-4H3. The van der Waals surface area contributed by atoms with Crippen LogP contribution in [0, 0.1) is 0 Å². The van der Waals surface area contributed by atoms with Gasteiger partial charge in [0.25, 0.3) is 0 Å². The van der Waals surface area contributed by atoms with Crippen LogP contribution in [0.1, 0.15) is 22.6 Å². The Morgan fingerprint density at radius 2 is 1.08 bits per heavy atom. The fraction of sp³-hybridized carbons (Fsp3) is 0.217. The Morgan fingerprint density at radius 3 is 1.46 bits per heavy atom. The maximum Gasteiger partial charge on any atom is 0.115 e. The Labute approximate surface area is 156 Å². The molecule has 0 radical (unpaired) electrons. The van der Waals surface area contributed by atoms with Gasteiger partial charge in [-0.05, 0) is 53.1 Å². The molecule has 134 valence electrons. The van der Waals surface area contributed by atoms with Crippen molar-refractivity contribution in [3.63, 3.8) is 0 Å². The number of nitrogens with zero attached hydrogens (tertiary/aromatic N) is 2. The van der Waals surface area contributed by atoms with Gasteiger partial charge in [0.15, 0.2) is 0 Å². The number of hydrogen-bond acceptors (Lipinski definition) is 3. The minimum Gasteiger partial charge on any atom is -0.508 e. The minimum absolute atomic E-state index is 0.0783. The second kappa shape index (κ2) is 7.52. The van der Waals surface area contributed by atoms with Crippen molar-refractivity contribution >= 4 is 11.4 Å². The molecule has 0 aliphatic carbocycles. The van der Waals surface area contributed by atoms with Crippen LogP contribution in [0.25, 0.3) is 0 Å². The first kappa shape index (κ1) is 17.9. The first-order valence-electron chi connectivity index (χ1n) is 8.79. The van der Waals surface area contributed by atoms with Gasteiger partial charge >= 0.3 is 0 Å². The highest BCUT2D eigenvalue weighted by Crippen LogP contribution is 2.34. The van der Waals surface area contributed by atoms with Gasteiger partial charge in [-0.15, -0.1) is 0 Å². The van der Waals surface area contributed by atoms with Crippen molar-refractivity contribution < 1.29 is 5.11 Å². The van der Waals surface area contributed by atoms with E-state index in [-0.39, 0.29) is 5.92 Å². The van der Waals surface area contributed by atoms with E-state index in [9.17, 15) is 5.11 Å². The Kier molecular flexibility index (Phi) is 5.17. The number of aromatic hydroxyl groups is 1. The zero-order valence-electron chi connectivity index (χ0n) is 15.8. The number of phenolic OH excluding ortho intramolecular Hbond substituents is 1. The molecule has 3 aromatic rings.